The molecule has 0 aliphatic carbocycles. The molecule has 1 aliphatic rings. The first-order valence-electron chi connectivity index (χ1n) is 8.31. The largest absolute Gasteiger partial charge is 0.371 e. The van der Waals surface area contributed by atoms with Crippen LogP contribution in [0.1, 0.15) is 12.8 Å². The van der Waals surface area contributed by atoms with Gasteiger partial charge in [0.15, 0.2) is 10.9 Å². The summed E-state index contributed by atoms with van der Waals surface area (Å²) in [4.78, 5) is 22.9. The lowest BCUT2D eigenvalue weighted by Gasteiger charge is -2.33. The van der Waals surface area contributed by atoms with Crippen LogP contribution in [0.3, 0.4) is 0 Å². The molecule has 5 nitrogen and oxygen atoms in total. The fraction of sp³-hybridized carbons (Fsp3) is 0.278. The van der Waals surface area contributed by atoms with Gasteiger partial charge in [-0.2, -0.15) is 0 Å². The van der Waals surface area contributed by atoms with Crippen molar-refractivity contribution in [2.75, 3.05) is 23.3 Å². The van der Waals surface area contributed by atoms with Crippen molar-refractivity contribution in [3.8, 4) is 0 Å². The number of nitrogens with zero attached hydrogens (tertiary/aromatic N) is 3. The Bertz CT molecular complexity index is 947. The zero-order chi connectivity index (χ0) is 18.1. The summed E-state index contributed by atoms with van der Waals surface area (Å²) in [6.45, 7) is 1.49. The highest BCUT2D eigenvalue weighted by Gasteiger charge is 2.27. The molecule has 1 aliphatic heterocycles. The molecule has 0 spiro atoms. The topological polar surface area (TPSA) is 58.1 Å². The molecular formula is C18H16F2N4OS. The Balaban J connectivity index is 1.48. The minimum absolute atomic E-state index is 0.0776. The highest BCUT2D eigenvalue weighted by Crippen LogP contribution is 2.30. The second-order valence-corrected chi connectivity index (χ2v) is 7.26. The number of hydrogen-bond acceptors (Lipinski definition) is 5. The van der Waals surface area contributed by atoms with E-state index in [1.165, 1.54) is 6.07 Å². The molecule has 1 amide bonds. The second kappa shape index (κ2) is 6.95. The molecule has 1 N–H and O–H groups in total. The molecule has 1 atom stereocenters. The Morgan fingerprint density at radius 1 is 1.27 bits per heavy atom. The monoisotopic (exact) mass is 374 g/mol. The first-order valence-corrected chi connectivity index (χ1v) is 9.13. The van der Waals surface area contributed by atoms with E-state index in [1.54, 1.807) is 12.4 Å². The summed E-state index contributed by atoms with van der Waals surface area (Å²) in [5, 5.41) is 3.05. The number of rotatable bonds is 3. The van der Waals surface area contributed by atoms with Gasteiger partial charge in [-0.15, -0.1) is 0 Å². The maximum atomic E-state index is 13.8. The van der Waals surface area contributed by atoms with E-state index in [9.17, 15) is 13.6 Å². The van der Waals surface area contributed by atoms with Gasteiger partial charge in [0.1, 0.15) is 11.3 Å². The Morgan fingerprint density at radius 3 is 2.88 bits per heavy atom. The van der Waals surface area contributed by atoms with Crippen molar-refractivity contribution in [3.05, 3.63) is 48.3 Å². The molecule has 2 aromatic heterocycles. The van der Waals surface area contributed by atoms with Crippen LogP contribution >= 0.6 is 11.3 Å². The van der Waals surface area contributed by atoms with E-state index >= 15 is 0 Å². The molecular weight excluding hydrogens is 358 g/mol. The van der Waals surface area contributed by atoms with E-state index in [1.807, 2.05) is 12.1 Å². The highest BCUT2D eigenvalue weighted by molar-refractivity contribution is 7.22. The third-order valence-corrected chi connectivity index (χ3v) is 5.38. The van der Waals surface area contributed by atoms with Crippen molar-refractivity contribution < 1.29 is 13.6 Å². The van der Waals surface area contributed by atoms with Crippen LogP contribution in [0.2, 0.25) is 0 Å². The average molecular weight is 374 g/mol. The average Bonchev–Trinajstić information content (AvgIpc) is 3.05. The fourth-order valence-electron chi connectivity index (χ4n) is 3.20. The molecule has 1 fully saturated rings. The number of anilines is 2. The van der Waals surface area contributed by atoms with Crippen LogP contribution in [0, 0.1) is 17.6 Å². The van der Waals surface area contributed by atoms with Crippen LogP contribution in [-0.4, -0.2) is 29.0 Å². The van der Waals surface area contributed by atoms with Crippen LogP contribution in [0.5, 0.6) is 0 Å². The SMILES string of the molecule is O=C(Nc1nc2c(F)cc(F)cc2s1)[C@H]1CCCN(c2ccncc2)C1. The fourth-order valence-corrected chi connectivity index (χ4v) is 4.11. The summed E-state index contributed by atoms with van der Waals surface area (Å²) in [6, 6.07) is 5.86. The van der Waals surface area contributed by atoms with Crippen molar-refractivity contribution >= 4 is 38.3 Å². The molecule has 26 heavy (non-hydrogen) atoms. The Morgan fingerprint density at radius 2 is 2.08 bits per heavy atom. The third-order valence-electron chi connectivity index (χ3n) is 4.46. The van der Waals surface area contributed by atoms with Gasteiger partial charge in [-0.05, 0) is 31.0 Å². The zero-order valence-corrected chi connectivity index (χ0v) is 14.6. The van der Waals surface area contributed by atoms with E-state index in [2.05, 4.69) is 20.2 Å². The Hall–Kier alpha value is -2.61. The van der Waals surface area contributed by atoms with Crippen molar-refractivity contribution in [1.29, 1.82) is 0 Å². The van der Waals surface area contributed by atoms with E-state index in [4.69, 9.17) is 0 Å². The third kappa shape index (κ3) is 3.37. The van der Waals surface area contributed by atoms with Crippen molar-refractivity contribution in [2.24, 2.45) is 5.92 Å². The molecule has 0 radical (unpaired) electrons. The van der Waals surface area contributed by atoms with Gasteiger partial charge < -0.3 is 10.2 Å². The second-order valence-electron chi connectivity index (χ2n) is 6.23. The number of piperidine rings is 1. The molecule has 0 unspecified atom stereocenters. The zero-order valence-electron chi connectivity index (χ0n) is 13.8. The molecule has 4 rings (SSSR count). The number of fused-ring (bicyclic) bond motifs is 1. The summed E-state index contributed by atoms with van der Waals surface area (Å²) >= 11 is 1.07. The molecule has 3 aromatic rings. The number of nitrogens with one attached hydrogen (secondary N) is 1. The number of hydrogen-bond donors (Lipinski definition) is 1. The van der Waals surface area contributed by atoms with Gasteiger partial charge in [0.05, 0.1) is 10.6 Å². The van der Waals surface area contributed by atoms with Crippen LogP contribution < -0.4 is 10.2 Å². The van der Waals surface area contributed by atoms with E-state index < -0.39 is 11.6 Å². The molecule has 0 bridgehead atoms. The lowest BCUT2D eigenvalue weighted by Crippen LogP contribution is -2.40. The number of benzene rings is 1. The number of amides is 1. The van der Waals surface area contributed by atoms with E-state index in [-0.39, 0.29) is 22.5 Å². The summed E-state index contributed by atoms with van der Waals surface area (Å²) in [6.07, 6.45) is 5.14. The molecule has 8 heteroatoms. The minimum atomic E-state index is -0.724. The standard InChI is InChI=1S/C18H16F2N4OS/c19-12-8-14(20)16-15(9-12)26-18(22-16)23-17(25)11-2-1-7-24(10-11)13-3-5-21-6-4-13/h3-6,8-9,11H,1-2,7,10H2,(H,22,23,25)/t11-/m0/s1. The molecule has 1 saturated heterocycles. The molecule has 3 heterocycles. The minimum Gasteiger partial charge on any atom is -0.371 e. The number of pyridine rings is 1. The predicted octanol–water partition coefficient (Wildman–Crippen LogP) is 3.82. The number of thiazole rings is 1. The van der Waals surface area contributed by atoms with Gasteiger partial charge in [0, 0.05) is 37.2 Å². The first kappa shape index (κ1) is 16.8. The van der Waals surface area contributed by atoms with Gasteiger partial charge >= 0.3 is 0 Å². The molecule has 1 aromatic carbocycles. The number of halogens is 2. The Kier molecular flexibility index (Phi) is 4.50. The van der Waals surface area contributed by atoms with Gasteiger partial charge in [-0.25, -0.2) is 13.8 Å². The maximum Gasteiger partial charge on any atom is 0.231 e. The van der Waals surface area contributed by atoms with E-state index in [0.29, 0.717) is 11.2 Å². The summed E-state index contributed by atoms with van der Waals surface area (Å²) < 4.78 is 27.5. The number of carbonyl (C=O) groups is 1. The molecule has 134 valence electrons. The van der Waals surface area contributed by atoms with Gasteiger partial charge in [-0.1, -0.05) is 11.3 Å². The number of aromatic nitrogens is 2. The highest BCUT2D eigenvalue weighted by atomic mass is 32.1. The smallest absolute Gasteiger partial charge is 0.231 e. The Labute approximate surface area is 152 Å². The maximum absolute atomic E-state index is 13.8. The lowest BCUT2D eigenvalue weighted by molar-refractivity contribution is -0.120. The summed E-state index contributed by atoms with van der Waals surface area (Å²) in [5.74, 6) is -1.72. The summed E-state index contributed by atoms with van der Waals surface area (Å²) in [7, 11) is 0. The number of carbonyl (C=O) groups excluding carboxylic acids is 1. The van der Waals surface area contributed by atoms with Crippen LogP contribution in [-0.2, 0) is 4.79 Å². The van der Waals surface area contributed by atoms with Crippen LogP contribution in [0.25, 0.3) is 10.2 Å². The van der Waals surface area contributed by atoms with Gasteiger partial charge in [-0.3, -0.25) is 9.78 Å². The van der Waals surface area contributed by atoms with Crippen molar-refractivity contribution in [1.82, 2.24) is 9.97 Å². The first-order chi connectivity index (χ1) is 12.6. The van der Waals surface area contributed by atoms with Crippen molar-refractivity contribution in [2.45, 2.75) is 12.8 Å². The van der Waals surface area contributed by atoms with Crippen LogP contribution in [0.4, 0.5) is 19.6 Å². The summed E-state index contributed by atoms with van der Waals surface area (Å²) in [5.41, 5.74) is 1.11. The quantitative estimate of drug-likeness (QED) is 0.757. The van der Waals surface area contributed by atoms with Gasteiger partial charge in [0.2, 0.25) is 5.91 Å². The van der Waals surface area contributed by atoms with Crippen LogP contribution in [0.15, 0.2) is 36.7 Å². The normalized spacial score (nSPS) is 17.5. The van der Waals surface area contributed by atoms with E-state index in [0.717, 1.165) is 42.5 Å². The van der Waals surface area contributed by atoms with Crippen molar-refractivity contribution in [3.63, 3.8) is 0 Å². The predicted molar refractivity (Wildman–Crippen MR) is 97.3 cm³/mol. The molecule has 0 saturated carbocycles. The lowest BCUT2D eigenvalue weighted by atomic mass is 9.97. The van der Waals surface area contributed by atoms with Gasteiger partial charge in [0.25, 0.3) is 0 Å².